The third-order valence-electron chi connectivity index (χ3n) is 2.02. The SMILES string of the molecule is CCC[C@H](O)CN/C=C(\C)C(C)N. The van der Waals surface area contributed by atoms with Gasteiger partial charge in [-0.25, -0.2) is 0 Å². The monoisotopic (exact) mass is 186 g/mol. The van der Waals surface area contributed by atoms with Gasteiger partial charge in [0, 0.05) is 12.6 Å². The van der Waals surface area contributed by atoms with E-state index in [2.05, 4.69) is 12.2 Å². The maximum absolute atomic E-state index is 9.38. The Morgan fingerprint density at radius 1 is 1.62 bits per heavy atom. The lowest BCUT2D eigenvalue weighted by atomic mass is 10.2. The van der Waals surface area contributed by atoms with Crippen molar-refractivity contribution < 1.29 is 5.11 Å². The molecule has 0 bridgehead atoms. The number of hydrogen-bond donors (Lipinski definition) is 3. The van der Waals surface area contributed by atoms with Crippen LogP contribution in [-0.4, -0.2) is 23.8 Å². The first-order valence-corrected chi connectivity index (χ1v) is 4.91. The third kappa shape index (κ3) is 6.61. The maximum atomic E-state index is 9.38. The van der Waals surface area contributed by atoms with E-state index in [-0.39, 0.29) is 12.1 Å². The minimum Gasteiger partial charge on any atom is -0.391 e. The second-order valence-corrected chi connectivity index (χ2v) is 3.53. The maximum Gasteiger partial charge on any atom is 0.0712 e. The summed E-state index contributed by atoms with van der Waals surface area (Å²) in [5.74, 6) is 0. The molecule has 0 aliphatic carbocycles. The highest BCUT2D eigenvalue weighted by Gasteiger charge is 2.00. The van der Waals surface area contributed by atoms with Gasteiger partial charge in [-0.3, -0.25) is 0 Å². The standard InChI is InChI=1S/C10H22N2O/c1-4-5-10(13)7-12-6-8(2)9(3)11/h6,9-10,12-13H,4-5,7,11H2,1-3H3/b8-6+/t9?,10-/m0/s1. The van der Waals surface area contributed by atoms with Gasteiger partial charge in [0.25, 0.3) is 0 Å². The van der Waals surface area contributed by atoms with Gasteiger partial charge in [0.15, 0.2) is 0 Å². The quantitative estimate of drug-likeness (QED) is 0.580. The van der Waals surface area contributed by atoms with E-state index in [4.69, 9.17) is 5.73 Å². The van der Waals surface area contributed by atoms with Crippen LogP contribution in [0.2, 0.25) is 0 Å². The zero-order valence-electron chi connectivity index (χ0n) is 8.88. The number of nitrogens with one attached hydrogen (secondary N) is 1. The van der Waals surface area contributed by atoms with Gasteiger partial charge in [0.1, 0.15) is 0 Å². The molecule has 0 fully saturated rings. The molecule has 0 aromatic carbocycles. The van der Waals surface area contributed by atoms with Gasteiger partial charge in [-0.15, -0.1) is 0 Å². The van der Waals surface area contributed by atoms with Crippen molar-refractivity contribution in [3.63, 3.8) is 0 Å². The van der Waals surface area contributed by atoms with E-state index in [1.807, 2.05) is 20.0 Å². The molecule has 4 N–H and O–H groups in total. The topological polar surface area (TPSA) is 58.3 Å². The van der Waals surface area contributed by atoms with Crippen molar-refractivity contribution in [1.82, 2.24) is 5.32 Å². The molecule has 13 heavy (non-hydrogen) atoms. The molecule has 0 heterocycles. The summed E-state index contributed by atoms with van der Waals surface area (Å²) in [5.41, 5.74) is 6.74. The van der Waals surface area contributed by atoms with Gasteiger partial charge < -0.3 is 16.2 Å². The van der Waals surface area contributed by atoms with Crippen LogP contribution in [0.5, 0.6) is 0 Å². The summed E-state index contributed by atoms with van der Waals surface area (Å²) >= 11 is 0. The van der Waals surface area contributed by atoms with E-state index >= 15 is 0 Å². The molecule has 0 aromatic heterocycles. The van der Waals surface area contributed by atoms with Crippen molar-refractivity contribution in [2.45, 2.75) is 45.8 Å². The largest absolute Gasteiger partial charge is 0.391 e. The fourth-order valence-electron chi connectivity index (χ4n) is 0.923. The molecule has 2 atom stereocenters. The summed E-state index contributed by atoms with van der Waals surface area (Å²) in [6, 6.07) is 0.0795. The Labute approximate surface area is 81.0 Å². The van der Waals surface area contributed by atoms with E-state index in [1.54, 1.807) is 0 Å². The number of aliphatic hydroxyl groups is 1. The van der Waals surface area contributed by atoms with Gasteiger partial charge in [0.05, 0.1) is 6.10 Å². The molecule has 3 heteroatoms. The Bertz CT molecular complexity index is 155. The molecule has 78 valence electrons. The van der Waals surface area contributed by atoms with E-state index < -0.39 is 0 Å². The number of nitrogens with two attached hydrogens (primary N) is 1. The summed E-state index contributed by atoms with van der Waals surface area (Å²) in [7, 11) is 0. The lowest BCUT2D eigenvalue weighted by Crippen LogP contribution is -2.25. The fourth-order valence-corrected chi connectivity index (χ4v) is 0.923. The molecule has 0 saturated heterocycles. The Kier molecular flexibility index (Phi) is 6.63. The van der Waals surface area contributed by atoms with Crippen LogP contribution >= 0.6 is 0 Å². The molecular formula is C10H22N2O. The van der Waals surface area contributed by atoms with Crippen molar-refractivity contribution in [2.24, 2.45) is 5.73 Å². The molecule has 0 aliphatic rings. The van der Waals surface area contributed by atoms with Gasteiger partial charge >= 0.3 is 0 Å². The normalized spacial score (nSPS) is 16.8. The molecule has 0 rings (SSSR count). The summed E-state index contributed by atoms with van der Waals surface area (Å²) in [4.78, 5) is 0. The van der Waals surface area contributed by atoms with E-state index in [9.17, 15) is 5.11 Å². The first kappa shape index (κ1) is 12.5. The van der Waals surface area contributed by atoms with Crippen LogP contribution in [0.15, 0.2) is 11.8 Å². The van der Waals surface area contributed by atoms with E-state index in [0.717, 1.165) is 18.4 Å². The van der Waals surface area contributed by atoms with Gasteiger partial charge in [-0.1, -0.05) is 13.3 Å². The number of aliphatic hydroxyl groups excluding tert-OH is 1. The molecule has 1 unspecified atom stereocenters. The fraction of sp³-hybridized carbons (Fsp3) is 0.800. The lowest BCUT2D eigenvalue weighted by molar-refractivity contribution is 0.165. The van der Waals surface area contributed by atoms with Crippen LogP contribution in [0.3, 0.4) is 0 Å². The van der Waals surface area contributed by atoms with Crippen LogP contribution in [0.25, 0.3) is 0 Å². The molecular weight excluding hydrogens is 164 g/mol. The summed E-state index contributed by atoms with van der Waals surface area (Å²) < 4.78 is 0. The van der Waals surface area contributed by atoms with Gasteiger partial charge in [-0.05, 0) is 32.0 Å². The predicted octanol–water partition coefficient (Wildman–Crippen LogP) is 0.988. The van der Waals surface area contributed by atoms with Crippen molar-refractivity contribution in [3.05, 3.63) is 11.8 Å². The van der Waals surface area contributed by atoms with Gasteiger partial charge in [-0.2, -0.15) is 0 Å². The van der Waals surface area contributed by atoms with Crippen LogP contribution in [0, 0.1) is 0 Å². The average Bonchev–Trinajstić information content (AvgIpc) is 2.04. The Hall–Kier alpha value is -0.540. The minimum absolute atomic E-state index is 0.0795. The van der Waals surface area contributed by atoms with Crippen molar-refractivity contribution in [1.29, 1.82) is 0 Å². The van der Waals surface area contributed by atoms with Crippen molar-refractivity contribution in [2.75, 3.05) is 6.54 Å². The Morgan fingerprint density at radius 2 is 2.23 bits per heavy atom. The smallest absolute Gasteiger partial charge is 0.0712 e. The number of hydrogen-bond acceptors (Lipinski definition) is 3. The summed E-state index contributed by atoms with van der Waals surface area (Å²) in [5, 5.41) is 12.4. The molecule has 3 nitrogen and oxygen atoms in total. The molecule has 0 radical (unpaired) electrons. The Morgan fingerprint density at radius 3 is 2.69 bits per heavy atom. The summed E-state index contributed by atoms with van der Waals surface area (Å²) in [6.07, 6.45) is 3.49. The van der Waals surface area contributed by atoms with Crippen molar-refractivity contribution >= 4 is 0 Å². The second kappa shape index (κ2) is 6.92. The first-order valence-electron chi connectivity index (χ1n) is 4.91. The minimum atomic E-state index is -0.248. The zero-order chi connectivity index (χ0) is 10.3. The second-order valence-electron chi connectivity index (χ2n) is 3.53. The molecule has 0 aromatic rings. The van der Waals surface area contributed by atoms with E-state index in [0.29, 0.717) is 6.54 Å². The van der Waals surface area contributed by atoms with Crippen LogP contribution in [0.1, 0.15) is 33.6 Å². The zero-order valence-corrected chi connectivity index (χ0v) is 8.88. The summed E-state index contributed by atoms with van der Waals surface area (Å²) in [6.45, 7) is 6.59. The lowest BCUT2D eigenvalue weighted by Gasteiger charge is -2.10. The highest BCUT2D eigenvalue weighted by molar-refractivity contribution is 5.03. The highest BCUT2D eigenvalue weighted by Crippen LogP contribution is 1.96. The number of rotatable bonds is 6. The first-order chi connectivity index (χ1) is 6.07. The average molecular weight is 186 g/mol. The van der Waals surface area contributed by atoms with Crippen molar-refractivity contribution in [3.8, 4) is 0 Å². The Balaban J connectivity index is 3.59. The molecule has 0 aliphatic heterocycles. The van der Waals surface area contributed by atoms with Crippen LogP contribution < -0.4 is 11.1 Å². The highest BCUT2D eigenvalue weighted by atomic mass is 16.3. The van der Waals surface area contributed by atoms with E-state index in [1.165, 1.54) is 0 Å². The predicted molar refractivity (Wildman–Crippen MR) is 56.3 cm³/mol. The molecule has 0 spiro atoms. The molecule has 0 saturated carbocycles. The molecule has 0 amide bonds. The van der Waals surface area contributed by atoms with Crippen LogP contribution in [0.4, 0.5) is 0 Å². The third-order valence-corrected chi connectivity index (χ3v) is 2.02. The van der Waals surface area contributed by atoms with Crippen LogP contribution in [-0.2, 0) is 0 Å². The van der Waals surface area contributed by atoms with Gasteiger partial charge in [0.2, 0.25) is 0 Å².